The number of benzene rings is 3. The molecule has 0 spiro atoms. The Bertz CT molecular complexity index is 1350. The molecule has 3 aromatic carbocycles. The van der Waals surface area contributed by atoms with E-state index >= 15 is 0 Å². The van der Waals surface area contributed by atoms with E-state index in [-0.39, 0.29) is 28.7 Å². The fourth-order valence-electron chi connectivity index (χ4n) is 5.00. The molecular weight excluding hydrogens is 536 g/mol. The Hall–Kier alpha value is -2.32. The quantitative estimate of drug-likeness (QED) is 0.303. The molecule has 38 heavy (non-hydrogen) atoms. The first-order chi connectivity index (χ1) is 18.2. The third-order valence-corrected chi connectivity index (χ3v) is 9.97. The standard InChI is InChI=1S/C30H35ClN2O3S2/c1-4-25(16-23-9-6-5-7-10-23)32-30(34)28-18-27(38(35,36)33-19-21(2)15-22(3)20-33)13-14-29(28)37-26-12-8-11-24(31)17-26/h5-14,17-18,21-22,25H,4,15-16,19-20H2,1-3H3,(H,32,34)/t21-,22-,25+/m0/s1. The van der Waals surface area contributed by atoms with E-state index in [1.54, 1.807) is 22.5 Å². The highest BCUT2D eigenvalue weighted by molar-refractivity contribution is 7.99. The van der Waals surface area contributed by atoms with Crippen LogP contribution in [0.5, 0.6) is 0 Å². The van der Waals surface area contributed by atoms with Crippen LogP contribution in [0.15, 0.2) is 87.5 Å². The fourth-order valence-corrected chi connectivity index (χ4v) is 7.95. The Morgan fingerprint density at radius 3 is 2.39 bits per heavy atom. The number of amides is 1. The average molecular weight is 571 g/mol. The molecule has 3 aromatic rings. The summed E-state index contributed by atoms with van der Waals surface area (Å²) >= 11 is 7.59. The summed E-state index contributed by atoms with van der Waals surface area (Å²) in [6.07, 6.45) is 2.45. The molecule has 0 unspecified atom stereocenters. The second kappa shape index (κ2) is 12.7. The molecule has 1 fully saturated rings. The maximum Gasteiger partial charge on any atom is 0.252 e. The third kappa shape index (κ3) is 7.20. The molecule has 202 valence electrons. The van der Waals surface area contributed by atoms with Crippen molar-refractivity contribution in [1.29, 1.82) is 0 Å². The first-order valence-corrected chi connectivity index (χ1v) is 15.7. The van der Waals surface area contributed by atoms with Crippen LogP contribution < -0.4 is 5.32 Å². The predicted octanol–water partition coefficient (Wildman–Crippen LogP) is 6.91. The number of rotatable bonds is 9. The van der Waals surface area contributed by atoms with Crippen LogP contribution in [0.3, 0.4) is 0 Å². The maximum atomic E-state index is 13.7. The van der Waals surface area contributed by atoms with Crippen LogP contribution in [-0.4, -0.2) is 37.8 Å². The topological polar surface area (TPSA) is 66.5 Å². The van der Waals surface area contributed by atoms with E-state index in [1.807, 2.05) is 55.5 Å². The summed E-state index contributed by atoms with van der Waals surface area (Å²) in [5.74, 6) is 0.296. The molecule has 1 saturated heterocycles. The number of hydrogen-bond donors (Lipinski definition) is 1. The van der Waals surface area contributed by atoms with E-state index in [9.17, 15) is 13.2 Å². The average Bonchev–Trinajstić information content (AvgIpc) is 2.88. The summed E-state index contributed by atoms with van der Waals surface area (Å²) in [5.41, 5.74) is 1.48. The van der Waals surface area contributed by atoms with E-state index in [1.165, 1.54) is 17.8 Å². The summed E-state index contributed by atoms with van der Waals surface area (Å²) in [5, 5.41) is 3.75. The number of halogens is 1. The molecule has 1 N–H and O–H groups in total. The van der Waals surface area contributed by atoms with Gasteiger partial charge in [0.2, 0.25) is 10.0 Å². The predicted molar refractivity (Wildman–Crippen MR) is 155 cm³/mol. The number of nitrogens with zero attached hydrogens (tertiary/aromatic N) is 1. The van der Waals surface area contributed by atoms with Gasteiger partial charge in [0, 0.05) is 33.9 Å². The van der Waals surface area contributed by atoms with Gasteiger partial charge in [-0.1, -0.05) is 80.5 Å². The molecule has 0 aliphatic carbocycles. The highest BCUT2D eigenvalue weighted by Crippen LogP contribution is 2.35. The highest BCUT2D eigenvalue weighted by Gasteiger charge is 2.32. The van der Waals surface area contributed by atoms with Gasteiger partial charge in [-0.2, -0.15) is 4.31 Å². The Labute approximate surface area is 236 Å². The number of hydrogen-bond acceptors (Lipinski definition) is 4. The minimum Gasteiger partial charge on any atom is -0.349 e. The highest BCUT2D eigenvalue weighted by atomic mass is 35.5. The van der Waals surface area contributed by atoms with Gasteiger partial charge in [0.25, 0.3) is 5.91 Å². The number of piperidine rings is 1. The van der Waals surface area contributed by atoms with E-state index in [0.717, 1.165) is 23.3 Å². The van der Waals surface area contributed by atoms with E-state index in [4.69, 9.17) is 11.6 Å². The van der Waals surface area contributed by atoms with Gasteiger partial charge in [0.15, 0.2) is 0 Å². The number of nitrogens with one attached hydrogen (secondary N) is 1. The molecule has 5 nitrogen and oxygen atoms in total. The molecule has 0 aromatic heterocycles. The SMILES string of the molecule is CC[C@H](Cc1ccccc1)NC(=O)c1cc(S(=O)(=O)N2C[C@@H](C)C[C@H](C)C2)ccc1Sc1cccc(Cl)c1. The summed E-state index contributed by atoms with van der Waals surface area (Å²) in [7, 11) is -3.74. The Balaban J connectivity index is 1.67. The molecule has 0 bridgehead atoms. The Morgan fingerprint density at radius 1 is 1.03 bits per heavy atom. The van der Waals surface area contributed by atoms with Gasteiger partial charge >= 0.3 is 0 Å². The van der Waals surface area contributed by atoms with Crippen LogP contribution in [0.1, 0.15) is 49.5 Å². The van der Waals surface area contributed by atoms with Gasteiger partial charge < -0.3 is 5.32 Å². The van der Waals surface area contributed by atoms with Crippen molar-refractivity contribution in [3.8, 4) is 0 Å². The van der Waals surface area contributed by atoms with Gasteiger partial charge in [-0.05, 0) is 73.1 Å². The van der Waals surface area contributed by atoms with Crippen LogP contribution in [0.4, 0.5) is 0 Å². The molecule has 1 heterocycles. The summed E-state index contributed by atoms with van der Waals surface area (Å²) in [4.78, 5) is 15.4. The van der Waals surface area contributed by atoms with Gasteiger partial charge in [0.05, 0.1) is 10.5 Å². The lowest BCUT2D eigenvalue weighted by atomic mass is 9.94. The zero-order valence-corrected chi connectivity index (χ0v) is 24.5. The van der Waals surface area contributed by atoms with Crippen LogP contribution in [-0.2, 0) is 16.4 Å². The first kappa shape index (κ1) is 28.7. The van der Waals surface area contributed by atoms with E-state index in [0.29, 0.717) is 35.0 Å². The van der Waals surface area contributed by atoms with E-state index < -0.39 is 10.0 Å². The zero-order chi connectivity index (χ0) is 27.3. The Kier molecular flexibility index (Phi) is 9.58. The molecule has 1 amide bonds. The second-order valence-corrected chi connectivity index (χ2v) is 13.7. The van der Waals surface area contributed by atoms with Gasteiger partial charge in [-0.3, -0.25) is 4.79 Å². The molecule has 0 radical (unpaired) electrons. The number of carbonyl (C=O) groups is 1. The zero-order valence-electron chi connectivity index (χ0n) is 22.1. The van der Waals surface area contributed by atoms with Crippen molar-refractivity contribution < 1.29 is 13.2 Å². The minimum absolute atomic E-state index is 0.0852. The third-order valence-electron chi connectivity index (χ3n) is 6.85. The summed E-state index contributed by atoms with van der Waals surface area (Å²) in [6, 6.07) is 22.2. The van der Waals surface area contributed by atoms with Crippen molar-refractivity contribution in [1.82, 2.24) is 9.62 Å². The lowest BCUT2D eigenvalue weighted by molar-refractivity contribution is 0.0932. The molecule has 3 atom stereocenters. The summed E-state index contributed by atoms with van der Waals surface area (Å²) < 4.78 is 28.9. The lowest BCUT2D eigenvalue weighted by Gasteiger charge is -2.34. The van der Waals surface area contributed by atoms with Gasteiger partial charge in [-0.15, -0.1) is 0 Å². The number of carbonyl (C=O) groups excluding carboxylic acids is 1. The maximum absolute atomic E-state index is 13.7. The van der Waals surface area contributed by atoms with Crippen LogP contribution in [0, 0.1) is 11.8 Å². The first-order valence-electron chi connectivity index (χ1n) is 13.1. The van der Waals surface area contributed by atoms with Crippen molar-refractivity contribution in [3.05, 3.63) is 88.9 Å². The van der Waals surface area contributed by atoms with Gasteiger partial charge in [0.1, 0.15) is 0 Å². The largest absolute Gasteiger partial charge is 0.349 e. The normalized spacial score (nSPS) is 19.2. The van der Waals surface area contributed by atoms with Crippen molar-refractivity contribution >= 4 is 39.3 Å². The molecule has 8 heteroatoms. The van der Waals surface area contributed by atoms with Crippen molar-refractivity contribution in [2.45, 2.75) is 60.8 Å². The molecule has 1 aliphatic heterocycles. The van der Waals surface area contributed by atoms with Crippen LogP contribution in [0.2, 0.25) is 5.02 Å². The molecule has 1 aliphatic rings. The second-order valence-electron chi connectivity index (χ2n) is 10.3. The fraction of sp³-hybridized carbons (Fsp3) is 0.367. The monoisotopic (exact) mass is 570 g/mol. The number of sulfonamides is 1. The summed E-state index contributed by atoms with van der Waals surface area (Å²) in [6.45, 7) is 7.18. The van der Waals surface area contributed by atoms with Crippen LogP contribution in [0.25, 0.3) is 0 Å². The van der Waals surface area contributed by atoms with Crippen molar-refractivity contribution in [3.63, 3.8) is 0 Å². The Morgan fingerprint density at radius 2 is 1.74 bits per heavy atom. The molecular formula is C30H35ClN2O3S2. The van der Waals surface area contributed by atoms with Crippen molar-refractivity contribution in [2.24, 2.45) is 11.8 Å². The van der Waals surface area contributed by atoms with Crippen molar-refractivity contribution in [2.75, 3.05) is 13.1 Å². The molecule has 0 saturated carbocycles. The van der Waals surface area contributed by atoms with Crippen LogP contribution >= 0.6 is 23.4 Å². The van der Waals surface area contributed by atoms with E-state index in [2.05, 4.69) is 19.2 Å². The van der Waals surface area contributed by atoms with Gasteiger partial charge in [-0.25, -0.2) is 8.42 Å². The molecule has 4 rings (SSSR count). The lowest BCUT2D eigenvalue weighted by Crippen LogP contribution is -2.42. The smallest absolute Gasteiger partial charge is 0.252 e. The minimum atomic E-state index is -3.74.